The number of imide groups is 2. The van der Waals surface area contributed by atoms with Crippen molar-refractivity contribution >= 4 is 63.8 Å². The van der Waals surface area contributed by atoms with Crippen molar-refractivity contribution in [2.24, 2.45) is 0 Å². The van der Waals surface area contributed by atoms with Gasteiger partial charge in [-0.05, 0) is 95.6 Å². The van der Waals surface area contributed by atoms with Gasteiger partial charge in [0.2, 0.25) is 0 Å². The molecule has 190 valence electrons. The number of carbonyl (C=O) groups excluding carboxylic acids is 3. The first-order valence-corrected chi connectivity index (χ1v) is 12.7. The maximum absolute atomic E-state index is 13.5. The van der Waals surface area contributed by atoms with Gasteiger partial charge in [-0.25, -0.2) is 14.1 Å². The van der Waals surface area contributed by atoms with E-state index in [1.54, 1.807) is 49.4 Å². The maximum Gasteiger partial charge on any atom is 0.335 e. The van der Waals surface area contributed by atoms with Gasteiger partial charge in [0.25, 0.3) is 11.8 Å². The zero-order valence-corrected chi connectivity index (χ0v) is 22.7. The molecule has 0 bridgehead atoms. The van der Waals surface area contributed by atoms with Gasteiger partial charge in [-0.3, -0.25) is 14.9 Å². The molecule has 1 N–H and O–H groups in total. The number of benzene rings is 3. The third-order valence-corrected chi connectivity index (χ3v) is 6.71. The largest absolute Gasteiger partial charge is 0.490 e. The molecule has 3 aromatic rings. The third kappa shape index (κ3) is 5.78. The van der Waals surface area contributed by atoms with E-state index in [9.17, 15) is 18.8 Å². The molecule has 4 rings (SSSR count). The Labute approximate surface area is 231 Å². The van der Waals surface area contributed by atoms with Gasteiger partial charge >= 0.3 is 6.03 Å². The molecule has 0 unspecified atom stereocenters. The van der Waals surface area contributed by atoms with Crippen LogP contribution in [0, 0.1) is 16.3 Å². The van der Waals surface area contributed by atoms with Crippen LogP contribution in [0.2, 0.25) is 5.02 Å². The minimum absolute atomic E-state index is 0.116. The number of anilines is 1. The monoisotopic (exact) mass is 634 g/mol. The standard InChI is InChI=1S/C27H21ClFIN2O5/c1-3-36-23-13-17(12-21(30)24(23)37-14-16-6-4-7-18(29)10-16)11-19-25(33)31-27(35)32(26(19)34)22-9-5-8-20(28)15(22)2/h4-13H,3,14H2,1-2H3,(H,31,33,35)/b19-11+. The first kappa shape index (κ1) is 26.6. The Kier molecular flexibility index (Phi) is 8.13. The Morgan fingerprint density at radius 1 is 1.08 bits per heavy atom. The zero-order valence-electron chi connectivity index (χ0n) is 19.8. The van der Waals surface area contributed by atoms with Gasteiger partial charge < -0.3 is 9.47 Å². The van der Waals surface area contributed by atoms with Gasteiger partial charge in [0, 0.05) is 5.02 Å². The maximum atomic E-state index is 13.5. The van der Waals surface area contributed by atoms with Crippen molar-refractivity contribution in [2.75, 3.05) is 11.5 Å². The fourth-order valence-electron chi connectivity index (χ4n) is 3.74. The molecule has 1 aliphatic heterocycles. The number of ether oxygens (including phenoxy) is 2. The molecule has 0 atom stereocenters. The van der Waals surface area contributed by atoms with E-state index in [0.29, 0.717) is 43.4 Å². The van der Waals surface area contributed by atoms with Gasteiger partial charge in [0.05, 0.1) is 15.9 Å². The summed E-state index contributed by atoms with van der Waals surface area (Å²) in [5.41, 5.74) is 1.70. The Bertz CT molecular complexity index is 1440. The second kappa shape index (κ2) is 11.3. The van der Waals surface area contributed by atoms with Crippen LogP contribution in [-0.2, 0) is 16.2 Å². The fourth-order valence-corrected chi connectivity index (χ4v) is 4.69. The van der Waals surface area contributed by atoms with Gasteiger partial charge in [0.15, 0.2) is 11.5 Å². The van der Waals surface area contributed by atoms with Crippen molar-refractivity contribution in [3.63, 3.8) is 0 Å². The minimum Gasteiger partial charge on any atom is -0.490 e. The lowest BCUT2D eigenvalue weighted by atomic mass is 10.1. The number of barbiturate groups is 1. The number of hydrogen-bond acceptors (Lipinski definition) is 5. The summed E-state index contributed by atoms with van der Waals surface area (Å²) in [6, 6.07) is 13.4. The van der Waals surface area contributed by atoms with Crippen molar-refractivity contribution in [1.82, 2.24) is 5.32 Å². The number of amides is 4. The second-order valence-corrected chi connectivity index (χ2v) is 9.59. The van der Waals surface area contributed by atoms with E-state index in [0.717, 1.165) is 4.90 Å². The van der Waals surface area contributed by atoms with Gasteiger partial charge in [-0.15, -0.1) is 0 Å². The fraction of sp³-hybridized carbons (Fsp3) is 0.148. The molecule has 0 aromatic heterocycles. The molecule has 4 amide bonds. The topological polar surface area (TPSA) is 84.9 Å². The summed E-state index contributed by atoms with van der Waals surface area (Å²) in [4.78, 5) is 39.4. The van der Waals surface area contributed by atoms with Crippen LogP contribution in [0.4, 0.5) is 14.9 Å². The predicted molar refractivity (Wildman–Crippen MR) is 146 cm³/mol. The average molecular weight is 635 g/mol. The van der Waals surface area contributed by atoms with Gasteiger partial charge in [0.1, 0.15) is 18.0 Å². The van der Waals surface area contributed by atoms with Crippen LogP contribution in [0.5, 0.6) is 11.5 Å². The van der Waals surface area contributed by atoms with Crippen molar-refractivity contribution in [1.29, 1.82) is 0 Å². The Morgan fingerprint density at radius 2 is 1.84 bits per heavy atom. The molecule has 1 aliphatic rings. The smallest absolute Gasteiger partial charge is 0.335 e. The SMILES string of the molecule is CCOc1cc(/C=C2\C(=O)NC(=O)N(c3cccc(Cl)c3C)C2=O)cc(I)c1OCc1cccc(F)c1. The highest BCUT2D eigenvalue weighted by Crippen LogP contribution is 2.36. The van der Waals surface area contributed by atoms with Crippen LogP contribution < -0.4 is 19.7 Å². The summed E-state index contributed by atoms with van der Waals surface area (Å²) < 4.78 is 25.9. The summed E-state index contributed by atoms with van der Waals surface area (Å²) >= 11 is 8.24. The first-order valence-electron chi connectivity index (χ1n) is 11.2. The quantitative estimate of drug-likeness (QED) is 0.195. The van der Waals surface area contributed by atoms with Crippen LogP contribution in [0.25, 0.3) is 6.08 Å². The summed E-state index contributed by atoms with van der Waals surface area (Å²) in [5.74, 6) is -1.12. The number of halogens is 3. The molecule has 1 fully saturated rings. The van der Waals surface area contributed by atoms with E-state index in [2.05, 4.69) is 27.9 Å². The van der Waals surface area contributed by atoms with E-state index >= 15 is 0 Å². The summed E-state index contributed by atoms with van der Waals surface area (Å²) in [6.45, 7) is 3.94. The molecule has 0 radical (unpaired) electrons. The summed E-state index contributed by atoms with van der Waals surface area (Å²) in [5, 5.41) is 2.59. The number of carbonyl (C=O) groups is 3. The molecular formula is C27H21ClFIN2O5. The molecule has 10 heteroatoms. The number of urea groups is 1. The predicted octanol–water partition coefficient (Wildman–Crippen LogP) is 6.04. The molecule has 1 heterocycles. The lowest BCUT2D eigenvalue weighted by Crippen LogP contribution is -2.54. The lowest BCUT2D eigenvalue weighted by Gasteiger charge is -2.27. The minimum atomic E-state index is -0.858. The van der Waals surface area contributed by atoms with Crippen molar-refractivity contribution < 1.29 is 28.2 Å². The Morgan fingerprint density at radius 3 is 2.57 bits per heavy atom. The molecule has 3 aromatic carbocycles. The zero-order chi connectivity index (χ0) is 26.7. The third-order valence-electron chi connectivity index (χ3n) is 5.50. The highest BCUT2D eigenvalue weighted by molar-refractivity contribution is 14.1. The summed E-state index contributed by atoms with van der Waals surface area (Å²) in [6.07, 6.45) is 1.39. The Hall–Kier alpha value is -3.44. The van der Waals surface area contributed by atoms with E-state index in [1.807, 2.05) is 6.92 Å². The molecule has 0 aliphatic carbocycles. The van der Waals surface area contributed by atoms with Gasteiger partial charge in [-0.2, -0.15) is 0 Å². The molecule has 37 heavy (non-hydrogen) atoms. The molecular weight excluding hydrogens is 614 g/mol. The van der Waals surface area contributed by atoms with Crippen molar-refractivity contribution in [2.45, 2.75) is 20.5 Å². The van der Waals surface area contributed by atoms with Crippen LogP contribution in [-0.4, -0.2) is 24.5 Å². The number of nitrogens with one attached hydrogen (secondary N) is 1. The van der Waals surface area contributed by atoms with E-state index in [-0.39, 0.29) is 23.7 Å². The first-order chi connectivity index (χ1) is 17.7. The lowest BCUT2D eigenvalue weighted by molar-refractivity contribution is -0.122. The summed E-state index contributed by atoms with van der Waals surface area (Å²) in [7, 11) is 0. The highest BCUT2D eigenvalue weighted by atomic mass is 127. The second-order valence-electron chi connectivity index (χ2n) is 8.02. The van der Waals surface area contributed by atoms with E-state index in [4.69, 9.17) is 21.1 Å². The molecule has 0 spiro atoms. The van der Waals surface area contributed by atoms with Crippen LogP contribution in [0.3, 0.4) is 0 Å². The number of hydrogen-bond donors (Lipinski definition) is 1. The van der Waals surface area contributed by atoms with Gasteiger partial charge in [-0.1, -0.05) is 29.8 Å². The van der Waals surface area contributed by atoms with Crippen molar-refractivity contribution in [3.05, 3.63) is 91.3 Å². The number of rotatable bonds is 7. The van der Waals surface area contributed by atoms with Crippen molar-refractivity contribution in [3.8, 4) is 11.5 Å². The van der Waals surface area contributed by atoms with Crippen LogP contribution in [0.1, 0.15) is 23.6 Å². The molecule has 1 saturated heterocycles. The Balaban J connectivity index is 1.68. The van der Waals surface area contributed by atoms with Crippen LogP contribution in [0.15, 0.2) is 60.2 Å². The molecule has 7 nitrogen and oxygen atoms in total. The van der Waals surface area contributed by atoms with E-state index < -0.39 is 17.8 Å². The highest BCUT2D eigenvalue weighted by Gasteiger charge is 2.37. The van der Waals surface area contributed by atoms with E-state index in [1.165, 1.54) is 18.2 Å². The number of nitrogens with zero attached hydrogens (tertiary/aromatic N) is 1. The normalized spacial score (nSPS) is 14.7. The van der Waals surface area contributed by atoms with Crippen LogP contribution >= 0.6 is 34.2 Å². The molecule has 0 saturated carbocycles. The average Bonchev–Trinajstić information content (AvgIpc) is 2.84.